The zero-order valence-electron chi connectivity index (χ0n) is 11.2. The molecule has 104 valence electrons. The largest absolute Gasteiger partial charge is 0.494 e. The van der Waals surface area contributed by atoms with E-state index in [0.717, 1.165) is 0 Å². The van der Waals surface area contributed by atoms with E-state index in [4.69, 9.17) is 9.84 Å². The molecule has 0 aliphatic heterocycles. The minimum absolute atomic E-state index is 0.0212. The molecule has 0 spiro atoms. The van der Waals surface area contributed by atoms with Crippen LogP contribution in [-0.2, 0) is 4.79 Å². The van der Waals surface area contributed by atoms with Gasteiger partial charge in [0.2, 0.25) is 0 Å². The average Bonchev–Trinajstić information content (AvgIpc) is 2.37. The second-order valence-corrected chi connectivity index (χ2v) is 4.50. The highest BCUT2D eigenvalue weighted by Crippen LogP contribution is 2.16. The summed E-state index contributed by atoms with van der Waals surface area (Å²) in [6.45, 7) is 3.72. The minimum Gasteiger partial charge on any atom is -0.494 e. The second-order valence-electron chi connectivity index (χ2n) is 4.50. The fraction of sp³-hybridized carbons (Fsp3) is 0.462. The van der Waals surface area contributed by atoms with Gasteiger partial charge in [0.15, 0.2) is 0 Å². The van der Waals surface area contributed by atoms with Crippen molar-refractivity contribution < 1.29 is 19.4 Å². The molecule has 0 aliphatic carbocycles. The Labute approximate surface area is 111 Å². The van der Waals surface area contributed by atoms with Crippen LogP contribution in [0.5, 0.6) is 5.75 Å². The van der Waals surface area contributed by atoms with Crippen LogP contribution in [0.4, 0.5) is 0 Å². The van der Waals surface area contributed by atoms with Crippen LogP contribution >= 0.6 is 0 Å². The SMILES string of the molecule is COc1cnccc1C(=O)NC(CC(=O)O)C(C)C. The van der Waals surface area contributed by atoms with Crippen LogP contribution in [0.15, 0.2) is 18.5 Å². The number of methoxy groups -OCH3 is 1. The number of hydrogen-bond acceptors (Lipinski definition) is 4. The molecule has 0 saturated heterocycles. The van der Waals surface area contributed by atoms with Crippen molar-refractivity contribution in [2.45, 2.75) is 26.3 Å². The van der Waals surface area contributed by atoms with Crippen LogP contribution in [0.3, 0.4) is 0 Å². The van der Waals surface area contributed by atoms with Gasteiger partial charge in [0.1, 0.15) is 5.75 Å². The molecule has 1 heterocycles. The molecule has 6 nitrogen and oxygen atoms in total. The molecule has 0 fully saturated rings. The van der Waals surface area contributed by atoms with Gasteiger partial charge >= 0.3 is 5.97 Å². The van der Waals surface area contributed by atoms with Crippen molar-refractivity contribution in [3.05, 3.63) is 24.0 Å². The van der Waals surface area contributed by atoms with Crippen molar-refractivity contribution in [3.8, 4) is 5.75 Å². The van der Waals surface area contributed by atoms with Crippen molar-refractivity contribution >= 4 is 11.9 Å². The monoisotopic (exact) mass is 266 g/mol. The Balaban J connectivity index is 2.84. The number of rotatable bonds is 6. The maximum atomic E-state index is 12.1. The van der Waals surface area contributed by atoms with E-state index in [1.165, 1.54) is 25.6 Å². The summed E-state index contributed by atoms with van der Waals surface area (Å²) in [4.78, 5) is 26.7. The average molecular weight is 266 g/mol. The standard InChI is InChI=1S/C13H18N2O4/c1-8(2)10(6-12(16)17)15-13(18)9-4-5-14-7-11(9)19-3/h4-5,7-8,10H,6H2,1-3H3,(H,15,18)(H,16,17). The lowest BCUT2D eigenvalue weighted by Crippen LogP contribution is -2.40. The molecule has 2 N–H and O–H groups in total. The lowest BCUT2D eigenvalue weighted by Gasteiger charge is -2.21. The molecular weight excluding hydrogens is 248 g/mol. The molecule has 0 aliphatic rings. The van der Waals surface area contributed by atoms with Crippen LogP contribution < -0.4 is 10.1 Å². The molecule has 1 rings (SSSR count). The number of nitrogens with zero attached hydrogens (tertiary/aromatic N) is 1. The molecule has 6 heteroatoms. The van der Waals surface area contributed by atoms with Gasteiger partial charge in [-0.15, -0.1) is 0 Å². The summed E-state index contributed by atoms with van der Waals surface area (Å²) in [5.41, 5.74) is 0.341. The third kappa shape index (κ3) is 4.24. The topological polar surface area (TPSA) is 88.5 Å². The van der Waals surface area contributed by atoms with E-state index in [1.807, 2.05) is 13.8 Å². The van der Waals surface area contributed by atoms with Crippen LogP contribution in [0, 0.1) is 5.92 Å². The van der Waals surface area contributed by atoms with Gasteiger partial charge < -0.3 is 15.2 Å². The van der Waals surface area contributed by atoms with Crippen LogP contribution in [-0.4, -0.2) is 35.1 Å². The normalized spacial score (nSPS) is 12.0. The highest BCUT2D eigenvalue weighted by Gasteiger charge is 2.21. The quantitative estimate of drug-likeness (QED) is 0.810. The second kappa shape index (κ2) is 6.72. The summed E-state index contributed by atoms with van der Waals surface area (Å²) in [5.74, 6) is -0.925. The first-order valence-corrected chi connectivity index (χ1v) is 5.96. The first-order chi connectivity index (χ1) is 8.95. The van der Waals surface area contributed by atoms with Gasteiger partial charge in [-0.2, -0.15) is 0 Å². The van der Waals surface area contributed by atoms with Gasteiger partial charge in [0.05, 0.1) is 25.3 Å². The molecular formula is C13H18N2O4. The number of pyridine rings is 1. The zero-order valence-corrected chi connectivity index (χ0v) is 11.2. The number of amides is 1. The third-order valence-corrected chi connectivity index (χ3v) is 2.76. The molecule has 1 unspecified atom stereocenters. The van der Waals surface area contributed by atoms with E-state index in [0.29, 0.717) is 11.3 Å². The van der Waals surface area contributed by atoms with E-state index >= 15 is 0 Å². The van der Waals surface area contributed by atoms with Gasteiger partial charge in [-0.25, -0.2) is 0 Å². The first kappa shape index (κ1) is 14.9. The third-order valence-electron chi connectivity index (χ3n) is 2.76. The molecule has 0 radical (unpaired) electrons. The highest BCUT2D eigenvalue weighted by atomic mass is 16.5. The molecule has 0 aromatic carbocycles. The minimum atomic E-state index is -0.944. The molecule has 0 saturated carbocycles. The molecule has 1 atom stereocenters. The number of ether oxygens (including phenoxy) is 1. The van der Waals surface area contributed by atoms with Gasteiger partial charge in [-0.05, 0) is 12.0 Å². The van der Waals surface area contributed by atoms with Gasteiger partial charge in [-0.3, -0.25) is 14.6 Å². The van der Waals surface area contributed by atoms with E-state index in [9.17, 15) is 9.59 Å². The summed E-state index contributed by atoms with van der Waals surface area (Å²) in [6, 6.07) is 1.11. The van der Waals surface area contributed by atoms with Crippen molar-refractivity contribution in [1.29, 1.82) is 0 Å². The lowest BCUT2D eigenvalue weighted by molar-refractivity contribution is -0.137. The Hall–Kier alpha value is -2.11. The fourth-order valence-electron chi connectivity index (χ4n) is 1.62. The molecule has 1 aromatic heterocycles. The van der Waals surface area contributed by atoms with Crippen molar-refractivity contribution in [2.75, 3.05) is 7.11 Å². The number of nitrogens with one attached hydrogen (secondary N) is 1. The lowest BCUT2D eigenvalue weighted by atomic mass is 10.0. The summed E-state index contributed by atoms with van der Waals surface area (Å²) in [6.07, 6.45) is 2.81. The molecule has 19 heavy (non-hydrogen) atoms. The van der Waals surface area contributed by atoms with Gasteiger partial charge in [0, 0.05) is 12.2 Å². The van der Waals surface area contributed by atoms with E-state index < -0.39 is 12.0 Å². The molecule has 1 amide bonds. The Bertz CT molecular complexity index is 460. The van der Waals surface area contributed by atoms with Crippen molar-refractivity contribution in [2.24, 2.45) is 5.92 Å². The maximum Gasteiger partial charge on any atom is 0.305 e. The summed E-state index contributed by atoms with van der Waals surface area (Å²) in [5, 5.41) is 11.5. The van der Waals surface area contributed by atoms with Crippen LogP contribution in [0.1, 0.15) is 30.6 Å². The molecule has 1 aromatic rings. The smallest absolute Gasteiger partial charge is 0.305 e. The number of aromatic nitrogens is 1. The highest BCUT2D eigenvalue weighted by molar-refractivity contribution is 5.97. The summed E-state index contributed by atoms with van der Waals surface area (Å²) < 4.78 is 5.05. The Kier molecular flexibility index (Phi) is 5.29. The number of aliphatic carboxylic acids is 1. The Morgan fingerprint density at radius 3 is 2.68 bits per heavy atom. The Morgan fingerprint density at radius 1 is 1.47 bits per heavy atom. The number of carbonyl (C=O) groups is 2. The first-order valence-electron chi connectivity index (χ1n) is 5.96. The summed E-state index contributed by atoms with van der Waals surface area (Å²) >= 11 is 0. The summed E-state index contributed by atoms with van der Waals surface area (Å²) in [7, 11) is 1.45. The number of hydrogen-bond donors (Lipinski definition) is 2. The number of carbonyl (C=O) groups excluding carboxylic acids is 1. The Morgan fingerprint density at radius 2 is 2.16 bits per heavy atom. The predicted octanol–water partition coefficient (Wildman–Crippen LogP) is 1.32. The van der Waals surface area contributed by atoms with Crippen LogP contribution in [0.25, 0.3) is 0 Å². The fourth-order valence-corrected chi connectivity index (χ4v) is 1.62. The van der Waals surface area contributed by atoms with Crippen molar-refractivity contribution in [3.63, 3.8) is 0 Å². The van der Waals surface area contributed by atoms with Gasteiger partial charge in [-0.1, -0.05) is 13.8 Å². The molecule has 0 bridgehead atoms. The maximum absolute atomic E-state index is 12.1. The van der Waals surface area contributed by atoms with Crippen LogP contribution in [0.2, 0.25) is 0 Å². The van der Waals surface area contributed by atoms with E-state index in [1.54, 1.807) is 0 Å². The zero-order chi connectivity index (χ0) is 14.4. The van der Waals surface area contributed by atoms with Gasteiger partial charge in [0.25, 0.3) is 5.91 Å². The van der Waals surface area contributed by atoms with Crippen molar-refractivity contribution in [1.82, 2.24) is 10.3 Å². The van der Waals surface area contributed by atoms with E-state index in [2.05, 4.69) is 10.3 Å². The predicted molar refractivity (Wildman–Crippen MR) is 69.1 cm³/mol. The number of carboxylic acids is 1. The van der Waals surface area contributed by atoms with E-state index in [-0.39, 0.29) is 18.2 Å². The number of carboxylic acid groups (broad SMARTS) is 1.